The zero-order valence-electron chi connectivity index (χ0n) is 18.5. The third kappa shape index (κ3) is 3.82. The van der Waals surface area contributed by atoms with Crippen molar-refractivity contribution in [2.45, 2.75) is 18.4 Å². The Morgan fingerprint density at radius 3 is 2.89 bits per heavy atom. The number of piperidine rings is 1. The lowest BCUT2D eigenvalue weighted by Gasteiger charge is -2.45. The van der Waals surface area contributed by atoms with Gasteiger partial charge in [0.2, 0.25) is 0 Å². The highest BCUT2D eigenvalue weighted by Crippen LogP contribution is 2.45. The Morgan fingerprint density at radius 1 is 1.31 bits per heavy atom. The van der Waals surface area contributed by atoms with E-state index in [1.807, 2.05) is 0 Å². The van der Waals surface area contributed by atoms with E-state index >= 15 is 4.39 Å². The van der Waals surface area contributed by atoms with Gasteiger partial charge < -0.3 is 20.1 Å². The van der Waals surface area contributed by atoms with Gasteiger partial charge in [-0.1, -0.05) is 23.2 Å². The van der Waals surface area contributed by atoms with E-state index in [2.05, 4.69) is 10.4 Å². The molecule has 1 spiro atoms. The van der Waals surface area contributed by atoms with Crippen molar-refractivity contribution in [2.75, 3.05) is 31.2 Å². The first-order chi connectivity index (χ1) is 16.7. The summed E-state index contributed by atoms with van der Waals surface area (Å²) in [6.45, 7) is 0.281. The molecule has 0 bridgehead atoms. The van der Waals surface area contributed by atoms with Crippen LogP contribution in [0.5, 0.6) is 5.75 Å². The molecule has 1 fully saturated rings. The molecule has 1 saturated heterocycles. The molecule has 182 valence electrons. The Labute approximate surface area is 209 Å². The average molecular weight is 520 g/mol. The number of fused-ring (bicyclic) bond motifs is 2. The van der Waals surface area contributed by atoms with Crippen LogP contribution in [0.15, 0.2) is 36.5 Å². The number of amides is 2. The summed E-state index contributed by atoms with van der Waals surface area (Å²) < 4.78 is 27.5. The summed E-state index contributed by atoms with van der Waals surface area (Å²) in [6.07, 6.45) is 1.40. The molecule has 3 N–H and O–H groups in total. The lowest BCUT2D eigenvalue weighted by Crippen LogP contribution is -2.53. The minimum Gasteiger partial charge on any atom is -0.494 e. The number of methoxy groups -OCH3 is 1. The maximum atomic E-state index is 15.1. The van der Waals surface area contributed by atoms with Gasteiger partial charge in [-0.05, 0) is 43.2 Å². The van der Waals surface area contributed by atoms with Crippen molar-refractivity contribution < 1.29 is 23.5 Å². The minimum absolute atomic E-state index is 0.0748. The second kappa shape index (κ2) is 8.62. The minimum atomic E-state index is -1.39. The number of ether oxygens (including phenoxy) is 2. The van der Waals surface area contributed by atoms with Crippen LogP contribution in [-0.2, 0) is 10.3 Å². The van der Waals surface area contributed by atoms with Gasteiger partial charge in [0, 0.05) is 11.6 Å². The molecule has 35 heavy (non-hydrogen) atoms. The van der Waals surface area contributed by atoms with E-state index in [9.17, 15) is 9.59 Å². The maximum absolute atomic E-state index is 15.1. The molecule has 3 aromatic rings. The number of hydrogen-bond donors (Lipinski definition) is 2. The summed E-state index contributed by atoms with van der Waals surface area (Å²) in [5.41, 5.74) is 5.90. The molecule has 1 aromatic heterocycles. The Kier molecular flexibility index (Phi) is 5.72. The lowest BCUT2D eigenvalue weighted by atomic mass is 9.83. The van der Waals surface area contributed by atoms with Crippen LogP contribution in [0.1, 0.15) is 28.8 Å². The van der Waals surface area contributed by atoms with Gasteiger partial charge in [0.05, 0.1) is 36.1 Å². The van der Waals surface area contributed by atoms with Crippen molar-refractivity contribution in [3.63, 3.8) is 0 Å². The van der Waals surface area contributed by atoms with Crippen molar-refractivity contribution in [3.05, 3.63) is 63.5 Å². The number of nitrogens with zero attached hydrogens (tertiary/aromatic N) is 3. The second-order valence-corrected chi connectivity index (χ2v) is 9.14. The highest BCUT2D eigenvalue weighted by atomic mass is 35.5. The number of likely N-dealkylation sites (tertiary alicyclic amines) is 1. The van der Waals surface area contributed by atoms with E-state index in [1.54, 1.807) is 18.2 Å². The van der Waals surface area contributed by atoms with E-state index in [1.165, 1.54) is 35.0 Å². The molecule has 2 aliphatic heterocycles. The quantitative estimate of drug-likeness (QED) is 0.522. The van der Waals surface area contributed by atoms with E-state index in [0.717, 1.165) is 0 Å². The monoisotopic (exact) mass is 519 g/mol. The fourth-order valence-electron chi connectivity index (χ4n) is 4.66. The van der Waals surface area contributed by atoms with Crippen LogP contribution in [-0.4, -0.2) is 46.9 Å². The molecular formula is C23H20Cl2FN5O4. The summed E-state index contributed by atoms with van der Waals surface area (Å²) in [5, 5.41) is 7.10. The summed E-state index contributed by atoms with van der Waals surface area (Å²) in [4.78, 5) is 27.3. The lowest BCUT2D eigenvalue weighted by molar-refractivity contribution is -0.0418. The number of carbonyl (C=O) groups is 2. The number of anilines is 2. The fraction of sp³-hybridized carbons (Fsp3) is 0.261. The van der Waals surface area contributed by atoms with E-state index < -0.39 is 23.4 Å². The fourth-order valence-corrected chi connectivity index (χ4v) is 4.98. The molecule has 0 unspecified atom stereocenters. The number of aromatic nitrogens is 2. The first-order valence-corrected chi connectivity index (χ1v) is 11.4. The molecule has 0 aliphatic carbocycles. The third-order valence-electron chi connectivity index (χ3n) is 6.22. The third-order valence-corrected chi connectivity index (χ3v) is 6.75. The number of nitrogen functional groups attached to an aromatic ring is 1. The van der Waals surface area contributed by atoms with Crippen molar-refractivity contribution in [3.8, 4) is 11.4 Å². The first-order valence-electron chi connectivity index (χ1n) is 10.7. The maximum Gasteiger partial charge on any atom is 0.412 e. The Bertz CT molecular complexity index is 1360. The Hall–Kier alpha value is -3.50. The van der Waals surface area contributed by atoms with Gasteiger partial charge in [0.1, 0.15) is 22.8 Å². The predicted octanol–water partition coefficient (Wildman–Crippen LogP) is 4.60. The van der Waals surface area contributed by atoms with Gasteiger partial charge in [-0.2, -0.15) is 5.10 Å². The van der Waals surface area contributed by atoms with Crippen LogP contribution in [0.2, 0.25) is 10.0 Å². The highest BCUT2D eigenvalue weighted by molar-refractivity contribution is 6.31. The normalized spacial score (nSPS) is 19.2. The molecule has 2 aromatic carbocycles. The molecule has 9 nitrogen and oxygen atoms in total. The number of nitrogens with one attached hydrogen (secondary N) is 1. The molecule has 1 atom stereocenters. The van der Waals surface area contributed by atoms with Crippen LogP contribution in [0.25, 0.3) is 5.69 Å². The standard InChI is InChI=1S/C23H20Cl2FN5O4/c1-34-17-6-3-12(24)9-16(17)31-20(27)13(10-28-31)21(32)30-8-2-7-23(11-30)18-15(29-22(33)35-23)5-4-14(25)19(18)26/h3-6,9-10H,2,7-8,11,27H2,1H3,(H,29,33)/t23-/m0/s1. The number of hydrogen-bond acceptors (Lipinski definition) is 6. The topological polar surface area (TPSA) is 112 Å². The molecule has 3 heterocycles. The molecule has 12 heteroatoms. The second-order valence-electron chi connectivity index (χ2n) is 8.29. The molecular weight excluding hydrogens is 500 g/mol. The van der Waals surface area contributed by atoms with Crippen molar-refractivity contribution in [1.29, 1.82) is 0 Å². The Balaban J connectivity index is 1.50. The van der Waals surface area contributed by atoms with Crippen LogP contribution in [0.3, 0.4) is 0 Å². The summed E-state index contributed by atoms with van der Waals surface area (Å²) >= 11 is 12.2. The average Bonchev–Trinajstić information content (AvgIpc) is 3.21. The van der Waals surface area contributed by atoms with Crippen LogP contribution in [0.4, 0.5) is 20.7 Å². The largest absolute Gasteiger partial charge is 0.494 e. The molecule has 2 amide bonds. The van der Waals surface area contributed by atoms with Gasteiger partial charge in [-0.15, -0.1) is 0 Å². The molecule has 5 rings (SSSR count). The summed E-state index contributed by atoms with van der Waals surface area (Å²) in [5.74, 6) is -0.593. The van der Waals surface area contributed by atoms with E-state index in [4.69, 9.17) is 38.4 Å². The van der Waals surface area contributed by atoms with Crippen LogP contribution in [0, 0.1) is 5.82 Å². The summed E-state index contributed by atoms with van der Waals surface area (Å²) in [7, 11) is 1.50. The van der Waals surface area contributed by atoms with Gasteiger partial charge >= 0.3 is 6.09 Å². The molecule has 0 radical (unpaired) electrons. The van der Waals surface area contributed by atoms with Gasteiger partial charge in [-0.3, -0.25) is 10.1 Å². The zero-order valence-corrected chi connectivity index (χ0v) is 20.0. The van der Waals surface area contributed by atoms with Gasteiger partial charge in [0.15, 0.2) is 11.4 Å². The predicted molar refractivity (Wildman–Crippen MR) is 128 cm³/mol. The van der Waals surface area contributed by atoms with Gasteiger partial charge in [0.25, 0.3) is 5.91 Å². The van der Waals surface area contributed by atoms with Gasteiger partial charge in [-0.25, -0.2) is 13.9 Å². The van der Waals surface area contributed by atoms with Crippen molar-refractivity contribution in [2.24, 2.45) is 0 Å². The molecule has 0 saturated carbocycles. The molecule has 2 aliphatic rings. The van der Waals surface area contributed by atoms with E-state index in [0.29, 0.717) is 35.8 Å². The van der Waals surface area contributed by atoms with Crippen molar-refractivity contribution >= 4 is 46.7 Å². The van der Waals surface area contributed by atoms with Crippen LogP contribution < -0.4 is 15.8 Å². The number of rotatable bonds is 3. The Morgan fingerprint density at radius 2 is 2.11 bits per heavy atom. The van der Waals surface area contributed by atoms with Crippen LogP contribution >= 0.6 is 23.2 Å². The van der Waals surface area contributed by atoms with E-state index in [-0.39, 0.29) is 34.2 Å². The number of halogens is 3. The summed E-state index contributed by atoms with van der Waals surface area (Å²) in [6, 6.07) is 7.82. The first kappa shape index (κ1) is 23.3. The van der Waals surface area contributed by atoms with Crippen molar-refractivity contribution in [1.82, 2.24) is 14.7 Å². The zero-order chi connectivity index (χ0) is 24.9. The SMILES string of the molecule is COc1ccc(Cl)cc1-n1ncc(C(=O)N2CCC[C@@]3(C2)OC(=O)Nc2ccc(Cl)c(F)c23)c1N. The highest BCUT2D eigenvalue weighted by Gasteiger charge is 2.48. The number of nitrogens with two attached hydrogens (primary N) is 1. The number of carbonyl (C=O) groups excluding carboxylic acids is 2. The smallest absolute Gasteiger partial charge is 0.412 e. The number of benzene rings is 2.